The summed E-state index contributed by atoms with van der Waals surface area (Å²) in [6, 6.07) is 10.3. The van der Waals surface area contributed by atoms with Gasteiger partial charge in [0.15, 0.2) is 0 Å². The van der Waals surface area contributed by atoms with Crippen molar-refractivity contribution >= 4 is 26.7 Å². The van der Waals surface area contributed by atoms with Crippen molar-refractivity contribution in [3.05, 3.63) is 40.4 Å². The summed E-state index contributed by atoms with van der Waals surface area (Å²) in [5.74, 6) is 0.902. The summed E-state index contributed by atoms with van der Waals surface area (Å²) in [6.07, 6.45) is 0.0445. The molecule has 0 radical (unpaired) electrons. The monoisotopic (exact) mass is 277 g/mol. The Kier molecular flexibility index (Phi) is 2.19. The summed E-state index contributed by atoms with van der Waals surface area (Å²) in [4.78, 5) is 0. The van der Waals surface area contributed by atoms with Gasteiger partial charge < -0.3 is 10.5 Å². The lowest BCUT2D eigenvalue weighted by molar-refractivity contribution is 0.227. The number of benzene rings is 2. The van der Waals surface area contributed by atoms with Gasteiger partial charge in [0.05, 0.1) is 10.5 Å². The topological polar surface area (TPSA) is 35.2 Å². The molecule has 16 heavy (non-hydrogen) atoms. The van der Waals surface area contributed by atoms with Crippen molar-refractivity contribution in [2.75, 3.05) is 0 Å². The maximum Gasteiger partial charge on any atom is 0.139 e. The first-order chi connectivity index (χ1) is 7.68. The number of hydrogen-bond acceptors (Lipinski definition) is 2. The highest BCUT2D eigenvalue weighted by Crippen LogP contribution is 2.44. The molecule has 1 aliphatic heterocycles. The first kappa shape index (κ1) is 10.1. The van der Waals surface area contributed by atoms with E-state index < -0.39 is 0 Å². The van der Waals surface area contributed by atoms with Crippen molar-refractivity contribution < 1.29 is 4.74 Å². The summed E-state index contributed by atoms with van der Waals surface area (Å²) < 4.78 is 6.80. The molecule has 3 heteroatoms. The van der Waals surface area contributed by atoms with Gasteiger partial charge in [-0.2, -0.15) is 0 Å². The van der Waals surface area contributed by atoms with Crippen molar-refractivity contribution in [3.8, 4) is 5.75 Å². The minimum atomic E-state index is -0.0316. The molecule has 0 fully saturated rings. The van der Waals surface area contributed by atoms with Gasteiger partial charge >= 0.3 is 0 Å². The molecule has 0 spiro atoms. The predicted octanol–water partition coefficient (Wildman–Crippen LogP) is 3.38. The molecule has 0 saturated heterocycles. The van der Waals surface area contributed by atoms with E-state index in [4.69, 9.17) is 10.5 Å². The van der Waals surface area contributed by atoms with Gasteiger partial charge in [0, 0.05) is 5.56 Å². The summed E-state index contributed by atoms with van der Waals surface area (Å²) in [5, 5.41) is 2.36. The van der Waals surface area contributed by atoms with Crippen LogP contribution in [0.2, 0.25) is 0 Å². The van der Waals surface area contributed by atoms with Crippen LogP contribution < -0.4 is 10.5 Å². The van der Waals surface area contributed by atoms with Crippen molar-refractivity contribution in [1.29, 1.82) is 0 Å². The zero-order chi connectivity index (χ0) is 11.3. The van der Waals surface area contributed by atoms with Gasteiger partial charge in [0.1, 0.15) is 11.9 Å². The van der Waals surface area contributed by atoms with Crippen LogP contribution in [0.25, 0.3) is 10.8 Å². The van der Waals surface area contributed by atoms with Gasteiger partial charge in [-0.1, -0.05) is 24.3 Å². The molecule has 1 aliphatic rings. The molecule has 0 aliphatic carbocycles. The number of hydrogen-bond donors (Lipinski definition) is 1. The van der Waals surface area contributed by atoms with E-state index in [1.807, 2.05) is 19.1 Å². The third-order valence-corrected chi connectivity index (χ3v) is 3.93. The molecule has 0 saturated carbocycles. The minimum absolute atomic E-state index is 0.0316. The molecule has 1 heterocycles. The van der Waals surface area contributed by atoms with Crippen LogP contribution in [0.3, 0.4) is 0 Å². The fourth-order valence-corrected chi connectivity index (χ4v) is 2.87. The van der Waals surface area contributed by atoms with E-state index >= 15 is 0 Å². The lowest BCUT2D eigenvalue weighted by atomic mass is 10.0. The van der Waals surface area contributed by atoms with Crippen molar-refractivity contribution in [1.82, 2.24) is 0 Å². The Morgan fingerprint density at radius 1 is 1.31 bits per heavy atom. The van der Waals surface area contributed by atoms with Crippen LogP contribution >= 0.6 is 15.9 Å². The number of ether oxygens (including phenoxy) is 1. The number of fused-ring (bicyclic) bond motifs is 2. The third kappa shape index (κ3) is 1.28. The SMILES string of the molecule is CC1Oc2c(cc3ccccc3c2Br)C1N. The lowest BCUT2D eigenvalue weighted by Gasteiger charge is -2.07. The van der Waals surface area contributed by atoms with E-state index in [-0.39, 0.29) is 12.1 Å². The Hall–Kier alpha value is -1.06. The van der Waals surface area contributed by atoms with E-state index in [2.05, 4.69) is 34.1 Å². The van der Waals surface area contributed by atoms with E-state index in [0.717, 1.165) is 15.8 Å². The second-order valence-corrected chi connectivity index (χ2v) is 4.97. The molecule has 2 N–H and O–H groups in total. The zero-order valence-electron chi connectivity index (χ0n) is 8.91. The Labute approximate surface area is 103 Å². The van der Waals surface area contributed by atoms with Crippen molar-refractivity contribution in [2.45, 2.75) is 19.1 Å². The molecule has 0 amide bonds. The number of rotatable bonds is 0. The maximum atomic E-state index is 6.10. The van der Waals surface area contributed by atoms with E-state index in [1.54, 1.807) is 0 Å². The van der Waals surface area contributed by atoms with Crippen LogP contribution in [0, 0.1) is 0 Å². The summed E-state index contributed by atoms with van der Waals surface area (Å²) >= 11 is 3.61. The first-order valence-electron chi connectivity index (χ1n) is 5.32. The highest BCUT2D eigenvalue weighted by Gasteiger charge is 2.30. The van der Waals surface area contributed by atoms with Crippen molar-refractivity contribution in [3.63, 3.8) is 0 Å². The molecule has 0 bridgehead atoms. The zero-order valence-corrected chi connectivity index (χ0v) is 10.5. The smallest absolute Gasteiger partial charge is 0.139 e. The van der Waals surface area contributed by atoms with Gasteiger partial charge in [-0.15, -0.1) is 0 Å². The van der Waals surface area contributed by atoms with E-state index in [0.29, 0.717) is 0 Å². The standard InChI is InChI=1S/C13H12BrNO/c1-7-12(15)10-6-8-4-2-3-5-9(8)11(14)13(10)16-7/h2-7,12H,15H2,1H3. The molecular formula is C13H12BrNO. The maximum absolute atomic E-state index is 6.10. The van der Waals surface area contributed by atoms with Crippen LogP contribution in [-0.2, 0) is 0 Å². The van der Waals surface area contributed by atoms with Crippen molar-refractivity contribution in [2.24, 2.45) is 5.73 Å². The Morgan fingerprint density at radius 3 is 2.88 bits per heavy atom. The average Bonchev–Trinajstić information content (AvgIpc) is 2.58. The number of halogens is 1. The normalized spacial score (nSPS) is 23.2. The molecule has 2 unspecified atom stereocenters. The molecular weight excluding hydrogens is 266 g/mol. The second-order valence-electron chi connectivity index (χ2n) is 4.18. The van der Waals surface area contributed by atoms with E-state index in [1.165, 1.54) is 10.8 Å². The van der Waals surface area contributed by atoms with Gasteiger partial charge in [0.25, 0.3) is 0 Å². The second kappa shape index (κ2) is 3.47. The number of nitrogens with two attached hydrogens (primary N) is 1. The molecule has 0 aromatic heterocycles. The minimum Gasteiger partial charge on any atom is -0.487 e. The van der Waals surface area contributed by atoms with Crippen LogP contribution in [0.4, 0.5) is 0 Å². The highest BCUT2D eigenvalue weighted by atomic mass is 79.9. The fraction of sp³-hybridized carbons (Fsp3) is 0.231. The molecule has 2 aromatic carbocycles. The Bertz CT molecular complexity index is 567. The summed E-state index contributed by atoms with van der Waals surface area (Å²) in [7, 11) is 0. The molecule has 3 rings (SSSR count). The van der Waals surface area contributed by atoms with Gasteiger partial charge in [0.2, 0.25) is 0 Å². The Balaban J connectivity index is 2.36. The predicted molar refractivity (Wildman–Crippen MR) is 68.7 cm³/mol. The van der Waals surface area contributed by atoms with Gasteiger partial charge in [-0.05, 0) is 39.7 Å². The first-order valence-corrected chi connectivity index (χ1v) is 6.11. The quantitative estimate of drug-likeness (QED) is 0.801. The lowest BCUT2D eigenvalue weighted by Crippen LogP contribution is -2.21. The Morgan fingerprint density at radius 2 is 2.06 bits per heavy atom. The van der Waals surface area contributed by atoms with Gasteiger partial charge in [-0.25, -0.2) is 0 Å². The van der Waals surface area contributed by atoms with Crippen LogP contribution in [-0.4, -0.2) is 6.10 Å². The molecule has 2 atom stereocenters. The van der Waals surface area contributed by atoms with Gasteiger partial charge in [-0.3, -0.25) is 0 Å². The molecule has 2 aromatic rings. The summed E-state index contributed by atoms with van der Waals surface area (Å²) in [5.41, 5.74) is 7.20. The largest absolute Gasteiger partial charge is 0.487 e. The highest BCUT2D eigenvalue weighted by molar-refractivity contribution is 9.10. The average molecular weight is 278 g/mol. The fourth-order valence-electron chi connectivity index (χ4n) is 2.18. The van der Waals surface area contributed by atoms with Crippen LogP contribution in [0.15, 0.2) is 34.8 Å². The van der Waals surface area contributed by atoms with E-state index in [9.17, 15) is 0 Å². The third-order valence-electron chi connectivity index (χ3n) is 3.14. The molecule has 82 valence electrons. The van der Waals surface area contributed by atoms with Crippen LogP contribution in [0.5, 0.6) is 5.75 Å². The summed E-state index contributed by atoms with van der Waals surface area (Å²) in [6.45, 7) is 2.00. The van der Waals surface area contributed by atoms with Crippen LogP contribution in [0.1, 0.15) is 18.5 Å². The molecule has 2 nitrogen and oxygen atoms in total.